The summed E-state index contributed by atoms with van der Waals surface area (Å²) in [6.07, 6.45) is 0.563. The number of benzene rings is 1. The third-order valence-corrected chi connectivity index (χ3v) is 5.58. The maximum Gasteiger partial charge on any atom is 0.323 e. The first-order valence-corrected chi connectivity index (χ1v) is 8.97. The molecule has 3 N–H and O–H groups in total. The molecule has 3 aromatic rings. The summed E-state index contributed by atoms with van der Waals surface area (Å²) in [5.74, 6) is 0. The first-order valence-electron chi connectivity index (χ1n) is 7.49. The minimum Gasteiger partial charge on any atom is -0.306 e. The average Bonchev–Trinajstić information content (AvgIpc) is 2.99. The summed E-state index contributed by atoms with van der Waals surface area (Å²) in [5, 5.41) is 4.32. The van der Waals surface area contributed by atoms with Crippen LogP contribution in [0.4, 0.5) is 0 Å². The zero-order chi connectivity index (χ0) is 17.5. The van der Waals surface area contributed by atoms with Gasteiger partial charge in [-0.2, -0.15) is 5.10 Å². The van der Waals surface area contributed by atoms with Gasteiger partial charge in [-0.15, -0.1) is 0 Å². The van der Waals surface area contributed by atoms with Gasteiger partial charge in [0, 0.05) is 19.3 Å². The molecule has 0 saturated carbocycles. The highest BCUT2D eigenvalue weighted by Crippen LogP contribution is 2.16. The predicted octanol–water partition coefficient (Wildman–Crippen LogP) is 0.728. The Morgan fingerprint density at radius 3 is 2.58 bits per heavy atom. The molecule has 0 atom stereocenters. The van der Waals surface area contributed by atoms with Gasteiger partial charge in [-0.3, -0.25) is 4.68 Å². The van der Waals surface area contributed by atoms with Crippen molar-refractivity contribution in [2.45, 2.75) is 25.2 Å². The van der Waals surface area contributed by atoms with Gasteiger partial charge in [0.15, 0.2) is 0 Å². The Kier molecular flexibility index (Phi) is 4.06. The molecule has 24 heavy (non-hydrogen) atoms. The molecule has 0 saturated heterocycles. The number of hydrogen-bond acceptors (Lipinski definition) is 4. The fourth-order valence-electron chi connectivity index (χ4n) is 2.75. The first-order chi connectivity index (χ1) is 11.3. The van der Waals surface area contributed by atoms with Gasteiger partial charge in [0.25, 0.3) is 0 Å². The van der Waals surface area contributed by atoms with Gasteiger partial charge in [0.2, 0.25) is 10.0 Å². The molecular weight excluding hydrogens is 330 g/mol. The Bertz CT molecular complexity index is 1060. The molecule has 0 aliphatic heterocycles. The number of fused-ring (bicyclic) bond motifs is 1. The van der Waals surface area contributed by atoms with E-state index in [1.54, 1.807) is 10.7 Å². The highest BCUT2D eigenvalue weighted by molar-refractivity contribution is 7.89. The highest BCUT2D eigenvalue weighted by atomic mass is 32.2. The molecule has 0 aliphatic rings. The van der Waals surface area contributed by atoms with E-state index in [1.807, 2.05) is 20.9 Å². The van der Waals surface area contributed by atoms with Crippen LogP contribution >= 0.6 is 0 Å². The van der Waals surface area contributed by atoms with E-state index in [2.05, 4.69) is 19.8 Å². The summed E-state index contributed by atoms with van der Waals surface area (Å²) >= 11 is 0. The topological polar surface area (TPSA) is 113 Å². The van der Waals surface area contributed by atoms with Crippen LogP contribution in [0, 0.1) is 13.8 Å². The minimum absolute atomic E-state index is 0.116. The monoisotopic (exact) mass is 349 g/mol. The van der Waals surface area contributed by atoms with E-state index in [0.717, 1.165) is 17.0 Å². The Morgan fingerprint density at radius 2 is 1.92 bits per heavy atom. The molecule has 0 spiro atoms. The van der Waals surface area contributed by atoms with E-state index < -0.39 is 10.0 Å². The smallest absolute Gasteiger partial charge is 0.306 e. The molecule has 3 rings (SSSR count). The second kappa shape index (κ2) is 5.91. The highest BCUT2D eigenvalue weighted by Gasteiger charge is 2.16. The molecule has 0 bridgehead atoms. The van der Waals surface area contributed by atoms with Gasteiger partial charge in [-0.25, -0.2) is 17.9 Å². The predicted molar refractivity (Wildman–Crippen MR) is 90.5 cm³/mol. The van der Waals surface area contributed by atoms with Crippen molar-refractivity contribution in [3.8, 4) is 0 Å². The van der Waals surface area contributed by atoms with Crippen molar-refractivity contribution in [2.24, 2.45) is 7.05 Å². The lowest BCUT2D eigenvalue weighted by atomic mass is 10.1. The number of imidazole rings is 1. The molecule has 0 aliphatic carbocycles. The molecule has 0 unspecified atom stereocenters. The van der Waals surface area contributed by atoms with Crippen LogP contribution in [0.5, 0.6) is 0 Å². The lowest BCUT2D eigenvalue weighted by Crippen LogP contribution is -2.26. The van der Waals surface area contributed by atoms with Crippen LogP contribution in [0.2, 0.25) is 0 Å². The maximum absolute atomic E-state index is 12.4. The lowest BCUT2D eigenvalue weighted by Gasteiger charge is -2.07. The molecule has 2 heterocycles. The van der Waals surface area contributed by atoms with E-state index in [9.17, 15) is 13.2 Å². The van der Waals surface area contributed by atoms with Crippen molar-refractivity contribution in [1.82, 2.24) is 24.5 Å². The van der Waals surface area contributed by atoms with Crippen LogP contribution in [0.25, 0.3) is 11.0 Å². The average molecular weight is 349 g/mol. The number of aromatic nitrogens is 4. The second-order valence-electron chi connectivity index (χ2n) is 5.71. The minimum atomic E-state index is -3.64. The third-order valence-electron chi connectivity index (χ3n) is 4.12. The van der Waals surface area contributed by atoms with Gasteiger partial charge in [0.05, 0.1) is 21.6 Å². The van der Waals surface area contributed by atoms with Crippen LogP contribution < -0.4 is 10.4 Å². The number of rotatable bonds is 5. The summed E-state index contributed by atoms with van der Waals surface area (Å²) in [6.45, 7) is 4.14. The molecular formula is C15H19N5O3S. The molecule has 2 aromatic heterocycles. The number of aryl methyl sites for hydroxylation is 2. The molecule has 128 valence electrons. The quantitative estimate of drug-likeness (QED) is 0.630. The molecule has 1 aromatic carbocycles. The molecule has 8 nitrogen and oxygen atoms in total. The van der Waals surface area contributed by atoms with E-state index in [4.69, 9.17) is 0 Å². The molecule has 0 amide bonds. The fraction of sp³-hybridized carbons (Fsp3) is 0.333. The summed E-state index contributed by atoms with van der Waals surface area (Å²) in [4.78, 5) is 16.5. The van der Waals surface area contributed by atoms with Crippen molar-refractivity contribution >= 4 is 21.1 Å². The summed E-state index contributed by atoms with van der Waals surface area (Å²) < 4.78 is 29.2. The number of hydrogen-bond donors (Lipinski definition) is 3. The summed E-state index contributed by atoms with van der Waals surface area (Å²) in [7, 11) is -1.78. The number of nitrogens with zero attached hydrogens (tertiary/aromatic N) is 2. The van der Waals surface area contributed by atoms with Crippen molar-refractivity contribution in [3.63, 3.8) is 0 Å². The van der Waals surface area contributed by atoms with Gasteiger partial charge in [0.1, 0.15) is 0 Å². The molecule has 9 heteroatoms. The summed E-state index contributed by atoms with van der Waals surface area (Å²) in [6, 6.07) is 4.47. The largest absolute Gasteiger partial charge is 0.323 e. The molecule has 0 radical (unpaired) electrons. The number of nitrogens with one attached hydrogen (secondary N) is 3. The van der Waals surface area contributed by atoms with E-state index in [0.29, 0.717) is 17.5 Å². The van der Waals surface area contributed by atoms with Crippen LogP contribution in [0.3, 0.4) is 0 Å². The number of sulfonamides is 1. The van der Waals surface area contributed by atoms with E-state index in [-0.39, 0.29) is 17.1 Å². The summed E-state index contributed by atoms with van der Waals surface area (Å²) in [5.41, 5.74) is 3.64. The zero-order valence-electron chi connectivity index (χ0n) is 13.7. The van der Waals surface area contributed by atoms with Crippen molar-refractivity contribution in [2.75, 3.05) is 6.54 Å². The van der Waals surface area contributed by atoms with Crippen molar-refractivity contribution < 1.29 is 8.42 Å². The second-order valence-corrected chi connectivity index (χ2v) is 7.47. The fourth-order valence-corrected chi connectivity index (χ4v) is 3.81. The van der Waals surface area contributed by atoms with Gasteiger partial charge in [-0.1, -0.05) is 0 Å². The Morgan fingerprint density at radius 1 is 1.21 bits per heavy atom. The van der Waals surface area contributed by atoms with Gasteiger partial charge in [-0.05, 0) is 44.0 Å². The Balaban J connectivity index is 1.76. The third kappa shape index (κ3) is 3.00. The standard InChI is InChI=1S/C15H19N5O3S/c1-9-12(10(2)20(3)19-9)6-7-16-24(22,23)11-4-5-13-14(8-11)18-15(21)17-13/h4-5,8,16H,6-7H2,1-3H3,(H2,17,18,21). The van der Waals surface area contributed by atoms with E-state index >= 15 is 0 Å². The zero-order valence-corrected chi connectivity index (χ0v) is 14.5. The van der Waals surface area contributed by atoms with Gasteiger partial charge < -0.3 is 9.97 Å². The Labute approximate surface area is 139 Å². The Hall–Kier alpha value is -2.39. The van der Waals surface area contributed by atoms with Crippen LogP contribution in [-0.2, 0) is 23.5 Å². The SMILES string of the molecule is Cc1nn(C)c(C)c1CCNS(=O)(=O)c1ccc2[nH]c(=O)[nH]c2c1. The van der Waals surface area contributed by atoms with E-state index in [1.165, 1.54) is 12.1 Å². The normalized spacial score (nSPS) is 12.1. The number of aromatic amines is 2. The number of H-pyrrole nitrogens is 2. The lowest BCUT2D eigenvalue weighted by molar-refractivity contribution is 0.581. The van der Waals surface area contributed by atoms with Crippen molar-refractivity contribution in [3.05, 3.63) is 45.6 Å². The van der Waals surface area contributed by atoms with Crippen LogP contribution in [0.1, 0.15) is 17.0 Å². The van der Waals surface area contributed by atoms with Crippen LogP contribution in [-0.4, -0.2) is 34.7 Å². The maximum atomic E-state index is 12.4. The first kappa shape index (κ1) is 16.5. The van der Waals surface area contributed by atoms with Gasteiger partial charge >= 0.3 is 5.69 Å². The van der Waals surface area contributed by atoms with Crippen molar-refractivity contribution in [1.29, 1.82) is 0 Å². The van der Waals surface area contributed by atoms with Crippen LogP contribution in [0.15, 0.2) is 27.9 Å². The molecule has 0 fully saturated rings.